The zero-order valence-corrected chi connectivity index (χ0v) is 12.6. The van der Waals surface area contributed by atoms with Crippen LogP contribution in [0, 0.1) is 23.7 Å². The summed E-state index contributed by atoms with van der Waals surface area (Å²) in [5.41, 5.74) is 0. The molecule has 0 aromatic heterocycles. The number of hydrogen-bond acceptors (Lipinski definition) is 0. The van der Waals surface area contributed by atoms with Gasteiger partial charge in [0.05, 0.1) is 0 Å². The lowest BCUT2D eigenvalue weighted by Gasteiger charge is -2.20. The molecule has 0 fully saturated rings. The van der Waals surface area contributed by atoms with Gasteiger partial charge in [0.15, 0.2) is 0 Å². The Hall–Kier alpha value is 0. The lowest BCUT2D eigenvalue weighted by molar-refractivity contribution is 0.323. The van der Waals surface area contributed by atoms with Crippen LogP contribution in [-0.4, -0.2) is 0 Å². The molecule has 0 nitrogen and oxygen atoms in total. The zero-order chi connectivity index (χ0) is 12.6. The van der Waals surface area contributed by atoms with Crippen molar-refractivity contribution in [3.63, 3.8) is 0 Å². The molecule has 0 aliphatic heterocycles. The first-order valence-corrected chi connectivity index (χ1v) is 7.51. The average molecular weight is 226 g/mol. The molecule has 0 aromatic carbocycles. The van der Waals surface area contributed by atoms with Crippen LogP contribution >= 0.6 is 0 Å². The van der Waals surface area contributed by atoms with E-state index in [9.17, 15) is 0 Å². The zero-order valence-electron chi connectivity index (χ0n) is 12.6. The minimum atomic E-state index is 0.853. The molecule has 0 aromatic rings. The minimum absolute atomic E-state index is 0.853. The van der Waals surface area contributed by atoms with Crippen LogP contribution in [0.25, 0.3) is 0 Å². The van der Waals surface area contributed by atoms with Crippen molar-refractivity contribution < 1.29 is 0 Å². The van der Waals surface area contributed by atoms with Gasteiger partial charge in [-0.2, -0.15) is 0 Å². The van der Waals surface area contributed by atoms with E-state index in [1.807, 2.05) is 0 Å². The van der Waals surface area contributed by atoms with Crippen LogP contribution in [0.4, 0.5) is 0 Å². The fourth-order valence-electron chi connectivity index (χ4n) is 2.24. The van der Waals surface area contributed by atoms with E-state index in [4.69, 9.17) is 0 Å². The molecule has 0 heterocycles. The van der Waals surface area contributed by atoms with Crippen LogP contribution < -0.4 is 0 Å². The van der Waals surface area contributed by atoms with Crippen molar-refractivity contribution in [2.24, 2.45) is 23.7 Å². The molecule has 0 saturated heterocycles. The van der Waals surface area contributed by atoms with Crippen LogP contribution in [0.3, 0.4) is 0 Å². The summed E-state index contributed by atoms with van der Waals surface area (Å²) in [5, 5.41) is 0. The highest BCUT2D eigenvalue weighted by molar-refractivity contribution is 4.63. The summed E-state index contributed by atoms with van der Waals surface area (Å²) in [4.78, 5) is 0. The molecule has 0 saturated carbocycles. The summed E-state index contributed by atoms with van der Waals surface area (Å²) in [6.07, 6.45) is 8.47. The molecule has 0 spiro atoms. The molecule has 0 bridgehead atoms. The fraction of sp³-hybridized carbons (Fsp3) is 1.00. The maximum Gasteiger partial charge on any atom is -0.0419 e. The van der Waals surface area contributed by atoms with Gasteiger partial charge in [0.25, 0.3) is 0 Å². The second-order valence-electron chi connectivity index (χ2n) is 6.16. The fourth-order valence-corrected chi connectivity index (χ4v) is 2.24. The first-order chi connectivity index (χ1) is 7.51. The molecule has 0 heteroatoms. The van der Waals surface area contributed by atoms with Gasteiger partial charge in [-0.15, -0.1) is 0 Å². The molecular weight excluding hydrogens is 192 g/mol. The molecule has 0 aliphatic rings. The van der Waals surface area contributed by atoms with E-state index in [0.29, 0.717) is 0 Å². The van der Waals surface area contributed by atoms with E-state index in [2.05, 4.69) is 41.5 Å². The minimum Gasteiger partial charge on any atom is -0.0651 e. The highest BCUT2D eigenvalue weighted by atomic mass is 14.2. The molecule has 0 aliphatic carbocycles. The lowest BCUT2D eigenvalue weighted by atomic mass is 9.86. The van der Waals surface area contributed by atoms with Gasteiger partial charge >= 0.3 is 0 Å². The molecule has 0 rings (SSSR count). The third-order valence-electron chi connectivity index (χ3n) is 4.48. The summed E-state index contributed by atoms with van der Waals surface area (Å²) in [7, 11) is 0. The van der Waals surface area contributed by atoms with Crippen LogP contribution in [0.1, 0.15) is 80.1 Å². The molecule has 16 heavy (non-hydrogen) atoms. The Balaban J connectivity index is 3.62. The maximum absolute atomic E-state index is 2.44. The Morgan fingerprint density at radius 2 is 1.19 bits per heavy atom. The average Bonchev–Trinajstić information content (AvgIpc) is 2.27. The van der Waals surface area contributed by atoms with E-state index in [1.165, 1.54) is 38.5 Å². The highest BCUT2D eigenvalue weighted by Gasteiger charge is 2.11. The monoisotopic (exact) mass is 226 g/mol. The molecule has 0 radical (unpaired) electrons. The van der Waals surface area contributed by atoms with Gasteiger partial charge in [0, 0.05) is 0 Å². The Morgan fingerprint density at radius 3 is 1.62 bits per heavy atom. The van der Waals surface area contributed by atoms with E-state index in [1.54, 1.807) is 0 Å². The summed E-state index contributed by atoms with van der Waals surface area (Å²) in [6, 6.07) is 0. The Labute approximate surface area is 104 Å². The summed E-state index contributed by atoms with van der Waals surface area (Å²) >= 11 is 0. The summed E-state index contributed by atoms with van der Waals surface area (Å²) in [5.74, 6) is 3.66. The van der Waals surface area contributed by atoms with Crippen molar-refractivity contribution in [1.29, 1.82) is 0 Å². The van der Waals surface area contributed by atoms with Crippen LogP contribution in [0.2, 0.25) is 0 Å². The van der Waals surface area contributed by atoms with Crippen LogP contribution in [0.15, 0.2) is 0 Å². The molecule has 2 atom stereocenters. The van der Waals surface area contributed by atoms with Gasteiger partial charge in [0.1, 0.15) is 0 Å². The third-order valence-corrected chi connectivity index (χ3v) is 4.48. The van der Waals surface area contributed by atoms with Crippen molar-refractivity contribution in [2.45, 2.75) is 80.1 Å². The Morgan fingerprint density at radius 1 is 0.688 bits per heavy atom. The molecule has 0 amide bonds. The summed E-state index contributed by atoms with van der Waals surface area (Å²) in [6.45, 7) is 14.2. The van der Waals surface area contributed by atoms with Gasteiger partial charge in [-0.25, -0.2) is 0 Å². The number of hydrogen-bond donors (Lipinski definition) is 0. The van der Waals surface area contributed by atoms with Crippen molar-refractivity contribution in [3.05, 3.63) is 0 Å². The van der Waals surface area contributed by atoms with E-state index in [-0.39, 0.29) is 0 Å². The Bertz CT molecular complexity index is 138. The quantitative estimate of drug-likeness (QED) is 0.458. The van der Waals surface area contributed by atoms with Crippen molar-refractivity contribution in [1.82, 2.24) is 0 Å². The SMILES string of the molecule is CCC(CC)CCC(C)CCC(C)C(C)C. The normalized spacial score (nSPS) is 15.8. The topological polar surface area (TPSA) is 0 Å². The predicted molar refractivity (Wildman–Crippen MR) is 75.7 cm³/mol. The molecule has 98 valence electrons. The molecule has 0 N–H and O–H groups in total. The lowest BCUT2D eigenvalue weighted by Crippen LogP contribution is -2.07. The molecule has 2 unspecified atom stereocenters. The van der Waals surface area contributed by atoms with E-state index < -0.39 is 0 Å². The third kappa shape index (κ3) is 7.30. The largest absolute Gasteiger partial charge is 0.0651 e. The van der Waals surface area contributed by atoms with Crippen LogP contribution in [-0.2, 0) is 0 Å². The first kappa shape index (κ1) is 16.0. The predicted octanol–water partition coefficient (Wildman–Crippen LogP) is 5.91. The van der Waals surface area contributed by atoms with Crippen LogP contribution in [0.5, 0.6) is 0 Å². The second kappa shape index (κ2) is 9.07. The first-order valence-electron chi connectivity index (χ1n) is 7.51. The van der Waals surface area contributed by atoms with Gasteiger partial charge in [-0.3, -0.25) is 0 Å². The second-order valence-corrected chi connectivity index (χ2v) is 6.16. The summed E-state index contributed by atoms with van der Waals surface area (Å²) < 4.78 is 0. The van der Waals surface area contributed by atoms with Gasteiger partial charge in [0.2, 0.25) is 0 Å². The van der Waals surface area contributed by atoms with Crippen molar-refractivity contribution >= 4 is 0 Å². The van der Waals surface area contributed by atoms with E-state index in [0.717, 1.165) is 23.7 Å². The van der Waals surface area contributed by atoms with Gasteiger partial charge in [-0.1, -0.05) is 80.1 Å². The molecular formula is C16H34. The Kier molecular flexibility index (Phi) is 9.07. The highest BCUT2D eigenvalue weighted by Crippen LogP contribution is 2.24. The smallest absolute Gasteiger partial charge is 0.0419 e. The van der Waals surface area contributed by atoms with Crippen molar-refractivity contribution in [2.75, 3.05) is 0 Å². The van der Waals surface area contributed by atoms with Crippen molar-refractivity contribution in [3.8, 4) is 0 Å². The van der Waals surface area contributed by atoms with Gasteiger partial charge < -0.3 is 0 Å². The maximum atomic E-state index is 2.44. The van der Waals surface area contributed by atoms with Gasteiger partial charge in [-0.05, 0) is 23.7 Å². The van der Waals surface area contributed by atoms with E-state index >= 15 is 0 Å². The number of rotatable bonds is 9. The standard InChI is InChI=1S/C16H34/c1-7-16(8-2)12-10-14(5)9-11-15(6)13(3)4/h13-16H,7-12H2,1-6H3.